The first-order valence-corrected chi connectivity index (χ1v) is 13.3. The predicted octanol–water partition coefficient (Wildman–Crippen LogP) is 5.41. The quantitative estimate of drug-likeness (QED) is 0.549. The zero-order chi connectivity index (χ0) is 22.5. The molecule has 0 aliphatic heterocycles. The molecule has 3 aliphatic rings. The Morgan fingerprint density at radius 3 is 2.81 bits per heavy atom. The number of rotatable bonds is 5. The summed E-state index contributed by atoms with van der Waals surface area (Å²) in [6.07, 6.45) is 7.40. The molecule has 2 saturated carbocycles. The second-order valence-corrected chi connectivity index (χ2v) is 11.4. The van der Waals surface area contributed by atoms with Gasteiger partial charge in [0.05, 0.1) is 6.10 Å². The summed E-state index contributed by atoms with van der Waals surface area (Å²) in [5.74, 6) is 1.73. The molecule has 2 fully saturated rings. The maximum atomic E-state index is 11.6. The largest absolute Gasteiger partial charge is 0.392 e. The minimum atomic E-state index is -0.387. The van der Waals surface area contributed by atoms with Crippen LogP contribution in [-0.4, -0.2) is 22.4 Å². The molecule has 6 atom stereocenters. The molecule has 170 valence electrons. The van der Waals surface area contributed by atoms with E-state index in [2.05, 4.69) is 47.1 Å². The fourth-order valence-corrected chi connectivity index (χ4v) is 7.86. The molecule has 3 unspecified atom stereocenters. The van der Waals surface area contributed by atoms with Gasteiger partial charge >= 0.3 is 0 Å². The number of primary amides is 1. The van der Waals surface area contributed by atoms with Crippen molar-refractivity contribution in [1.29, 1.82) is 0 Å². The lowest BCUT2D eigenvalue weighted by molar-refractivity contribution is -0.0325. The van der Waals surface area contributed by atoms with E-state index in [4.69, 9.17) is 5.73 Å². The predicted molar refractivity (Wildman–Crippen MR) is 132 cm³/mol. The molecular formula is C28H34BrNO2. The van der Waals surface area contributed by atoms with Crippen LogP contribution in [0, 0.1) is 23.2 Å². The lowest BCUT2D eigenvalue weighted by Gasteiger charge is -2.50. The third-order valence-electron chi connectivity index (χ3n) is 9.00. The van der Waals surface area contributed by atoms with E-state index in [0.717, 1.165) is 36.6 Å². The van der Waals surface area contributed by atoms with Crippen molar-refractivity contribution in [3.8, 4) is 0 Å². The summed E-state index contributed by atoms with van der Waals surface area (Å²) >= 11 is 3.57. The Morgan fingerprint density at radius 2 is 2.03 bits per heavy atom. The van der Waals surface area contributed by atoms with Crippen LogP contribution in [0.2, 0.25) is 0 Å². The molecule has 5 rings (SSSR count). The number of nitrogens with two attached hydrogens (primary N) is 1. The van der Waals surface area contributed by atoms with Gasteiger partial charge in [-0.2, -0.15) is 0 Å². The molecule has 0 spiro atoms. The standard InChI is InChI=1S/C28H34BrNO2/c1-28-11-9-23-22-7-5-17(10-12-29)13-19(22)6-8-24(23)25(28)16-21(26(28)31)15-18-3-2-4-20(14-18)27(30)32/h2-5,7,13-14,21,23-26,31H,6,8-12,15-16H2,1H3,(H2,30,32)/t21-,23?,24?,25?,26-,28-/m0/s1/i29-4. The van der Waals surface area contributed by atoms with Gasteiger partial charge in [-0.05, 0) is 108 Å². The van der Waals surface area contributed by atoms with Crippen molar-refractivity contribution in [3.05, 3.63) is 70.3 Å². The van der Waals surface area contributed by atoms with E-state index in [1.165, 1.54) is 24.8 Å². The molecule has 0 heterocycles. The lowest BCUT2D eigenvalue weighted by atomic mass is 9.55. The molecule has 3 aliphatic carbocycles. The van der Waals surface area contributed by atoms with Crippen molar-refractivity contribution in [1.82, 2.24) is 0 Å². The zero-order valence-electron chi connectivity index (χ0n) is 18.9. The number of amides is 1. The molecule has 0 saturated heterocycles. The van der Waals surface area contributed by atoms with Gasteiger partial charge in [-0.15, -0.1) is 0 Å². The Labute approximate surface area is 199 Å². The van der Waals surface area contributed by atoms with Gasteiger partial charge in [0.15, 0.2) is 0 Å². The van der Waals surface area contributed by atoms with Gasteiger partial charge in [0.2, 0.25) is 5.91 Å². The smallest absolute Gasteiger partial charge is 0.248 e. The van der Waals surface area contributed by atoms with Crippen molar-refractivity contribution in [3.63, 3.8) is 0 Å². The maximum Gasteiger partial charge on any atom is 0.248 e. The summed E-state index contributed by atoms with van der Waals surface area (Å²) < 4.78 is 0. The number of aliphatic hydroxyl groups is 1. The first-order chi connectivity index (χ1) is 15.4. The second-order valence-electron chi connectivity index (χ2n) is 10.6. The van der Waals surface area contributed by atoms with E-state index in [0.29, 0.717) is 23.3 Å². The average molecular weight is 493 g/mol. The number of carbonyl (C=O) groups excluding carboxylic acids is 1. The van der Waals surface area contributed by atoms with Crippen LogP contribution >= 0.6 is 15.9 Å². The lowest BCUT2D eigenvalue weighted by Crippen LogP contribution is -2.44. The Kier molecular flexibility index (Phi) is 5.96. The van der Waals surface area contributed by atoms with Crippen molar-refractivity contribution >= 4 is 21.8 Å². The third-order valence-corrected chi connectivity index (χ3v) is 9.40. The first kappa shape index (κ1) is 22.2. The maximum absolute atomic E-state index is 11.6. The number of halogens is 1. The molecular weight excluding hydrogens is 458 g/mol. The Bertz CT molecular complexity index is 1020. The Hall–Kier alpha value is -1.65. The van der Waals surface area contributed by atoms with E-state index in [-0.39, 0.29) is 23.3 Å². The summed E-state index contributed by atoms with van der Waals surface area (Å²) in [7, 11) is 0. The van der Waals surface area contributed by atoms with Crippen LogP contribution in [0.5, 0.6) is 0 Å². The molecule has 1 amide bonds. The average Bonchev–Trinajstić information content (AvgIpc) is 3.04. The number of aryl methyl sites for hydroxylation is 2. The van der Waals surface area contributed by atoms with Crippen molar-refractivity contribution in [2.24, 2.45) is 28.9 Å². The Morgan fingerprint density at radius 1 is 1.19 bits per heavy atom. The summed E-state index contributed by atoms with van der Waals surface area (Å²) in [5, 5.41) is 12.5. The fourth-order valence-electron chi connectivity index (χ4n) is 7.40. The van der Waals surface area contributed by atoms with E-state index in [9.17, 15) is 9.90 Å². The molecule has 3 nitrogen and oxygen atoms in total. The molecule has 0 bridgehead atoms. The highest BCUT2D eigenvalue weighted by Gasteiger charge is 2.57. The van der Waals surface area contributed by atoms with Gasteiger partial charge in [-0.3, -0.25) is 4.79 Å². The van der Waals surface area contributed by atoms with E-state index < -0.39 is 0 Å². The Balaban J connectivity index is 1.38. The molecule has 3 N–H and O–H groups in total. The number of hydrogen-bond acceptors (Lipinski definition) is 2. The molecule has 4 heteroatoms. The number of alkyl halides is 1. The van der Waals surface area contributed by atoms with Crippen LogP contribution < -0.4 is 5.73 Å². The highest BCUT2D eigenvalue weighted by atomic mass is 75.9. The van der Waals surface area contributed by atoms with E-state index >= 15 is 0 Å². The number of aliphatic hydroxyl groups excluding tert-OH is 1. The van der Waals surface area contributed by atoms with Gasteiger partial charge in [0.25, 0.3) is 0 Å². The minimum Gasteiger partial charge on any atom is -0.392 e. The summed E-state index contributed by atoms with van der Waals surface area (Å²) in [6, 6.07) is 14.8. The van der Waals surface area contributed by atoms with Gasteiger partial charge in [-0.1, -0.05) is 53.2 Å². The van der Waals surface area contributed by atoms with Crippen molar-refractivity contribution in [2.45, 2.75) is 63.9 Å². The third kappa shape index (κ3) is 3.74. The monoisotopic (exact) mass is 492 g/mol. The summed E-state index contributed by atoms with van der Waals surface area (Å²) in [6.45, 7) is 2.34. The van der Waals surface area contributed by atoms with Crippen LogP contribution in [0.1, 0.15) is 71.1 Å². The van der Waals surface area contributed by atoms with Gasteiger partial charge in [0, 0.05) is 10.9 Å². The number of hydrogen-bond donors (Lipinski definition) is 2. The highest BCUT2D eigenvalue weighted by molar-refractivity contribution is 9.09. The summed E-state index contributed by atoms with van der Waals surface area (Å²) in [5.41, 5.74) is 11.7. The van der Waals surface area contributed by atoms with Crippen molar-refractivity contribution < 1.29 is 9.90 Å². The normalized spacial score (nSPS) is 33.3. The van der Waals surface area contributed by atoms with Crippen LogP contribution in [0.3, 0.4) is 0 Å². The SMILES string of the molecule is C[C@]12CCC3c4ccc(CC[76Br])cc4CCC3C1C[C@H](Cc1cccc(C(N)=O)c1)[C@@H]2O. The number of benzene rings is 2. The molecule has 32 heavy (non-hydrogen) atoms. The molecule has 0 aromatic heterocycles. The van der Waals surface area contributed by atoms with Crippen LogP contribution in [-0.2, 0) is 19.3 Å². The highest BCUT2D eigenvalue weighted by Crippen LogP contribution is 2.62. The van der Waals surface area contributed by atoms with Gasteiger partial charge in [0.1, 0.15) is 0 Å². The molecule has 0 radical (unpaired) electrons. The zero-order valence-corrected chi connectivity index (χ0v) is 20.5. The minimum absolute atomic E-state index is 0.000533. The van der Waals surface area contributed by atoms with Crippen LogP contribution in [0.15, 0.2) is 42.5 Å². The van der Waals surface area contributed by atoms with Crippen LogP contribution in [0.4, 0.5) is 0 Å². The molecule has 2 aromatic rings. The second kappa shape index (κ2) is 8.61. The fraction of sp³-hybridized carbons (Fsp3) is 0.536. The number of fused-ring (bicyclic) bond motifs is 5. The van der Waals surface area contributed by atoms with E-state index in [1.54, 1.807) is 17.2 Å². The molecule has 2 aromatic carbocycles. The topological polar surface area (TPSA) is 63.3 Å². The van der Waals surface area contributed by atoms with Gasteiger partial charge in [-0.25, -0.2) is 0 Å². The summed E-state index contributed by atoms with van der Waals surface area (Å²) in [4.78, 5) is 11.6. The van der Waals surface area contributed by atoms with Crippen molar-refractivity contribution in [2.75, 3.05) is 5.33 Å². The first-order valence-electron chi connectivity index (χ1n) is 12.1. The van der Waals surface area contributed by atoms with E-state index in [1.807, 2.05) is 12.1 Å². The van der Waals surface area contributed by atoms with Crippen LogP contribution in [0.25, 0.3) is 0 Å². The van der Waals surface area contributed by atoms with Gasteiger partial charge < -0.3 is 10.8 Å². The number of carbonyl (C=O) groups is 1.